The van der Waals surface area contributed by atoms with Crippen molar-refractivity contribution >= 4 is 29.2 Å². The van der Waals surface area contributed by atoms with Gasteiger partial charge in [0.05, 0.1) is 6.04 Å². The molecule has 2 aromatic rings. The Morgan fingerprint density at radius 2 is 1.46 bits per heavy atom. The first-order chi connectivity index (χ1) is 22.4. The first kappa shape index (κ1) is 33.1. The summed E-state index contributed by atoms with van der Waals surface area (Å²) in [4.78, 5) is 37.6. The van der Waals surface area contributed by atoms with E-state index in [1.807, 2.05) is 17.0 Å². The summed E-state index contributed by atoms with van der Waals surface area (Å²) in [6.45, 7) is 7.63. The Balaban J connectivity index is 1.17. The molecule has 0 aromatic heterocycles. The third-order valence-corrected chi connectivity index (χ3v) is 11.5. The number of anilines is 1. The number of carbonyl (C=O) groups is 2. The average molecular weight is 648 g/mol. The van der Waals surface area contributed by atoms with Crippen LogP contribution in [0.5, 0.6) is 0 Å². The second kappa shape index (κ2) is 15.4. The summed E-state index contributed by atoms with van der Waals surface area (Å²) in [5, 5.41) is 4.59. The monoisotopic (exact) mass is 647 g/mol. The summed E-state index contributed by atoms with van der Waals surface area (Å²) in [5.74, 6) is 0.241. The molecule has 46 heavy (non-hydrogen) atoms. The molecule has 6 rings (SSSR count). The molecular weight excluding hydrogens is 594 g/mol. The Hall–Kier alpha value is -2.77. The zero-order valence-electron chi connectivity index (χ0n) is 28.0. The van der Waals surface area contributed by atoms with Crippen LogP contribution in [-0.2, 0) is 11.2 Å². The number of urea groups is 1. The summed E-state index contributed by atoms with van der Waals surface area (Å²) in [7, 11) is 0. The van der Waals surface area contributed by atoms with Crippen LogP contribution in [0.15, 0.2) is 54.6 Å². The SMILES string of the molecule is CCN(CC)C(=O)N(C1CCCCC1)C1CC2CCC(C1)N2C(=O)[C@@H](Cc1ccc(Cl)cc1)NC1CCN(c2ccccc2)CC1. The molecule has 4 fully saturated rings. The van der Waals surface area contributed by atoms with Gasteiger partial charge in [-0.1, -0.05) is 61.2 Å². The molecule has 0 radical (unpaired) electrons. The zero-order chi connectivity index (χ0) is 32.0. The standard InChI is InChI=1S/C38H54ClN5O2/c1-3-41(4-2)38(46)44(32-13-9-6-10-14-32)35-26-33-19-20-34(27-35)43(33)37(45)36(25-28-15-17-29(39)18-16-28)40-30-21-23-42(24-22-30)31-11-7-5-8-12-31/h5,7-8,11-12,15-18,30,32-36,40H,3-4,6,9-10,13-14,19-27H2,1-2H3/t33?,34?,35?,36-/m1/s1. The van der Waals surface area contributed by atoms with E-state index in [1.54, 1.807) is 0 Å². The first-order valence-corrected chi connectivity index (χ1v) is 18.5. The number of amides is 3. The highest BCUT2D eigenvalue weighted by Crippen LogP contribution is 2.40. The Bertz CT molecular complexity index is 1260. The number of carbonyl (C=O) groups excluding carboxylic acids is 2. The van der Waals surface area contributed by atoms with Gasteiger partial charge in [0.1, 0.15) is 0 Å². The van der Waals surface area contributed by atoms with E-state index in [-0.39, 0.29) is 36.1 Å². The van der Waals surface area contributed by atoms with Crippen molar-refractivity contribution in [2.24, 2.45) is 0 Å². The van der Waals surface area contributed by atoms with Crippen LogP contribution in [0.3, 0.4) is 0 Å². The van der Waals surface area contributed by atoms with Crippen molar-refractivity contribution in [3.05, 3.63) is 65.2 Å². The van der Waals surface area contributed by atoms with Gasteiger partial charge >= 0.3 is 6.03 Å². The molecule has 4 aliphatic rings. The number of benzene rings is 2. The Morgan fingerprint density at radius 3 is 2.07 bits per heavy atom. The maximum absolute atomic E-state index is 14.6. The maximum Gasteiger partial charge on any atom is 0.320 e. The number of rotatable bonds is 10. The van der Waals surface area contributed by atoms with Crippen LogP contribution >= 0.6 is 11.6 Å². The van der Waals surface area contributed by atoms with Gasteiger partial charge in [0.2, 0.25) is 5.91 Å². The van der Waals surface area contributed by atoms with E-state index >= 15 is 0 Å². The summed E-state index contributed by atoms with van der Waals surface area (Å²) >= 11 is 6.23. The van der Waals surface area contributed by atoms with Crippen molar-refractivity contribution in [2.45, 2.75) is 127 Å². The summed E-state index contributed by atoms with van der Waals surface area (Å²) in [5.41, 5.74) is 2.41. The van der Waals surface area contributed by atoms with E-state index in [2.05, 4.69) is 76.3 Å². The van der Waals surface area contributed by atoms with Crippen LogP contribution in [0.1, 0.15) is 90.0 Å². The van der Waals surface area contributed by atoms with Crippen LogP contribution in [0.25, 0.3) is 0 Å². The van der Waals surface area contributed by atoms with E-state index in [0.717, 1.165) is 88.1 Å². The molecule has 1 N–H and O–H groups in total. The first-order valence-electron chi connectivity index (χ1n) is 18.1. The molecule has 7 nitrogen and oxygen atoms in total. The number of hydrogen-bond donors (Lipinski definition) is 1. The fraction of sp³-hybridized carbons (Fsp3) is 0.632. The number of fused-ring (bicyclic) bond motifs is 2. The second-order valence-electron chi connectivity index (χ2n) is 14.1. The van der Waals surface area contributed by atoms with Crippen molar-refractivity contribution in [1.29, 1.82) is 0 Å². The molecule has 2 bridgehead atoms. The molecule has 8 heteroatoms. The van der Waals surface area contributed by atoms with Gasteiger partial charge in [-0.25, -0.2) is 4.79 Å². The Kier molecular flexibility index (Phi) is 11.1. The largest absolute Gasteiger partial charge is 0.371 e. The molecule has 3 saturated heterocycles. The van der Waals surface area contributed by atoms with Crippen LogP contribution < -0.4 is 10.2 Å². The molecule has 2 unspecified atom stereocenters. The van der Waals surface area contributed by atoms with Gasteiger partial charge in [0.15, 0.2) is 0 Å². The molecule has 3 amide bonds. The Labute approximate surface area is 281 Å². The lowest BCUT2D eigenvalue weighted by Gasteiger charge is -2.48. The normalized spacial score (nSPS) is 24.5. The van der Waals surface area contributed by atoms with Crippen LogP contribution in [-0.4, -0.2) is 89.1 Å². The zero-order valence-corrected chi connectivity index (χ0v) is 28.7. The third-order valence-electron chi connectivity index (χ3n) is 11.3. The predicted octanol–water partition coefficient (Wildman–Crippen LogP) is 7.13. The maximum atomic E-state index is 14.6. The summed E-state index contributed by atoms with van der Waals surface area (Å²) < 4.78 is 0. The minimum atomic E-state index is -0.277. The van der Waals surface area contributed by atoms with Crippen molar-refractivity contribution in [2.75, 3.05) is 31.1 Å². The molecule has 1 aliphatic carbocycles. The number of nitrogens with one attached hydrogen (secondary N) is 1. The Morgan fingerprint density at radius 1 is 0.826 bits per heavy atom. The van der Waals surface area contributed by atoms with Gasteiger partial charge in [-0.15, -0.1) is 0 Å². The predicted molar refractivity (Wildman–Crippen MR) is 187 cm³/mol. The van der Waals surface area contributed by atoms with Gasteiger partial charge in [-0.05, 0) is 101 Å². The molecule has 3 aliphatic heterocycles. The minimum absolute atomic E-state index is 0.196. The molecular formula is C38H54ClN5O2. The fourth-order valence-corrected chi connectivity index (χ4v) is 8.97. The lowest BCUT2D eigenvalue weighted by Crippen LogP contribution is -2.61. The smallest absolute Gasteiger partial charge is 0.320 e. The van der Waals surface area contributed by atoms with Gasteiger partial charge in [0.25, 0.3) is 0 Å². The van der Waals surface area contributed by atoms with Gasteiger partial charge in [0, 0.05) is 67.1 Å². The van der Waals surface area contributed by atoms with Crippen molar-refractivity contribution in [3.8, 4) is 0 Å². The van der Waals surface area contributed by atoms with Crippen molar-refractivity contribution in [3.63, 3.8) is 0 Å². The van der Waals surface area contributed by atoms with Crippen LogP contribution in [0, 0.1) is 0 Å². The molecule has 1 saturated carbocycles. The second-order valence-corrected chi connectivity index (χ2v) is 14.5. The molecule has 3 atom stereocenters. The minimum Gasteiger partial charge on any atom is -0.371 e. The quantitative estimate of drug-likeness (QED) is 0.298. The van der Waals surface area contributed by atoms with E-state index in [0.29, 0.717) is 18.5 Å². The number of nitrogens with zero attached hydrogens (tertiary/aromatic N) is 4. The molecule has 0 spiro atoms. The van der Waals surface area contributed by atoms with E-state index in [4.69, 9.17) is 11.6 Å². The van der Waals surface area contributed by atoms with E-state index in [1.165, 1.54) is 24.9 Å². The molecule has 2 aromatic carbocycles. The highest BCUT2D eigenvalue weighted by atomic mass is 35.5. The third kappa shape index (κ3) is 7.52. The lowest BCUT2D eigenvalue weighted by molar-refractivity contribution is -0.139. The summed E-state index contributed by atoms with van der Waals surface area (Å²) in [6, 6.07) is 19.8. The fourth-order valence-electron chi connectivity index (χ4n) is 8.84. The van der Waals surface area contributed by atoms with Crippen LogP contribution in [0.2, 0.25) is 5.02 Å². The van der Waals surface area contributed by atoms with Gasteiger partial charge in [-0.3, -0.25) is 4.79 Å². The number of hydrogen-bond acceptors (Lipinski definition) is 4. The number of para-hydroxylation sites is 1. The average Bonchev–Trinajstić information content (AvgIpc) is 3.36. The van der Waals surface area contributed by atoms with Gasteiger partial charge < -0.3 is 24.9 Å². The number of piperidine rings is 2. The topological polar surface area (TPSA) is 59.1 Å². The summed E-state index contributed by atoms with van der Waals surface area (Å²) in [6.07, 6.45) is 12.5. The molecule has 250 valence electrons. The van der Waals surface area contributed by atoms with Crippen molar-refractivity contribution in [1.82, 2.24) is 20.0 Å². The van der Waals surface area contributed by atoms with Crippen LogP contribution in [0.4, 0.5) is 10.5 Å². The lowest BCUT2D eigenvalue weighted by atomic mass is 9.89. The van der Waals surface area contributed by atoms with E-state index in [9.17, 15) is 9.59 Å². The van der Waals surface area contributed by atoms with Gasteiger partial charge in [-0.2, -0.15) is 0 Å². The highest BCUT2D eigenvalue weighted by molar-refractivity contribution is 6.30. The molecule has 3 heterocycles. The number of halogens is 1. The van der Waals surface area contributed by atoms with E-state index < -0.39 is 0 Å². The van der Waals surface area contributed by atoms with Crippen molar-refractivity contribution < 1.29 is 9.59 Å². The highest BCUT2D eigenvalue weighted by Gasteiger charge is 2.48.